The van der Waals surface area contributed by atoms with Crippen LogP contribution in [0.3, 0.4) is 0 Å². The monoisotopic (exact) mass is 1050 g/mol. The van der Waals surface area contributed by atoms with Crippen LogP contribution in [0.4, 0.5) is 0 Å². The Balaban J connectivity index is 4.22. The summed E-state index contributed by atoms with van der Waals surface area (Å²) in [5, 5.41) is 0. The van der Waals surface area contributed by atoms with Gasteiger partial charge in [0.25, 0.3) is 0 Å². The van der Waals surface area contributed by atoms with Gasteiger partial charge >= 0.3 is 17.9 Å². The van der Waals surface area contributed by atoms with E-state index in [1.54, 1.807) is 0 Å². The van der Waals surface area contributed by atoms with Gasteiger partial charge in [-0.25, -0.2) is 0 Å². The number of carbonyl (C=O) groups is 3. The minimum absolute atomic E-state index is 0.0683. The summed E-state index contributed by atoms with van der Waals surface area (Å²) in [5.41, 5.74) is 0. The standard InChI is InChI=1S/C69H128O6/c1-4-7-10-13-16-19-22-24-26-28-30-32-34-36-38-40-42-44-47-50-53-56-59-62-68(71)74-65-66(64-73-67(70)61-58-55-52-49-46-21-18-15-12-9-6-3)75-69(72)63-60-57-54-51-48-45-43-41-39-37-35-33-31-29-27-25-23-20-17-14-11-8-5-2/h22,24,28-31,66H,4-21,23,25-27,32-65H2,1-3H3/b24-22-,30-28-,31-29-. The molecule has 1 unspecified atom stereocenters. The van der Waals surface area contributed by atoms with Crippen LogP contribution in [0.25, 0.3) is 0 Å². The predicted molar refractivity (Wildman–Crippen MR) is 326 cm³/mol. The summed E-state index contributed by atoms with van der Waals surface area (Å²) < 4.78 is 16.9. The first kappa shape index (κ1) is 72.6. The topological polar surface area (TPSA) is 78.9 Å². The van der Waals surface area contributed by atoms with Crippen LogP contribution >= 0.6 is 0 Å². The van der Waals surface area contributed by atoms with Crippen LogP contribution in [0.1, 0.15) is 367 Å². The summed E-state index contributed by atoms with van der Waals surface area (Å²) in [6, 6.07) is 0. The van der Waals surface area contributed by atoms with Crippen molar-refractivity contribution in [1.29, 1.82) is 0 Å². The van der Waals surface area contributed by atoms with Gasteiger partial charge in [-0.1, -0.05) is 308 Å². The molecule has 0 aliphatic rings. The molecule has 6 nitrogen and oxygen atoms in total. The fourth-order valence-corrected chi connectivity index (χ4v) is 10.1. The summed E-state index contributed by atoms with van der Waals surface area (Å²) in [4.78, 5) is 38.3. The molecule has 0 aliphatic heterocycles. The smallest absolute Gasteiger partial charge is 0.306 e. The van der Waals surface area contributed by atoms with Gasteiger partial charge in [0.1, 0.15) is 13.2 Å². The summed E-state index contributed by atoms with van der Waals surface area (Å²) in [5.74, 6) is -0.848. The highest BCUT2D eigenvalue weighted by atomic mass is 16.6. The van der Waals surface area contributed by atoms with E-state index in [4.69, 9.17) is 14.2 Å². The Bertz CT molecular complexity index is 1250. The SMILES string of the molecule is CCCCCCC/C=C\C/C=C\CCCCCCCCCCCCCC(=O)OCC(COC(=O)CCCCCCCCCCCCC)OC(=O)CCCCCCCCCCCCC/C=C\CCCCCCCCCC. The molecular formula is C69H128O6. The molecule has 0 aromatic carbocycles. The normalized spacial score (nSPS) is 12.2. The van der Waals surface area contributed by atoms with Gasteiger partial charge in [0, 0.05) is 19.3 Å². The van der Waals surface area contributed by atoms with E-state index in [9.17, 15) is 14.4 Å². The van der Waals surface area contributed by atoms with Crippen molar-refractivity contribution in [2.45, 2.75) is 374 Å². The van der Waals surface area contributed by atoms with Crippen LogP contribution in [0.2, 0.25) is 0 Å². The lowest BCUT2D eigenvalue weighted by Crippen LogP contribution is -2.30. The third-order valence-corrected chi connectivity index (χ3v) is 15.1. The minimum atomic E-state index is -0.771. The average molecular weight is 1050 g/mol. The molecule has 440 valence electrons. The van der Waals surface area contributed by atoms with E-state index in [1.165, 1.54) is 263 Å². The highest BCUT2D eigenvalue weighted by Crippen LogP contribution is 2.17. The Morgan fingerprint density at radius 1 is 0.267 bits per heavy atom. The van der Waals surface area contributed by atoms with Crippen molar-refractivity contribution in [3.8, 4) is 0 Å². The molecule has 6 heteroatoms. The lowest BCUT2D eigenvalue weighted by molar-refractivity contribution is -0.167. The van der Waals surface area contributed by atoms with Crippen LogP contribution < -0.4 is 0 Å². The van der Waals surface area contributed by atoms with Crippen molar-refractivity contribution in [3.05, 3.63) is 36.5 Å². The summed E-state index contributed by atoms with van der Waals surface area (Å²) in [7, 11) is 0. The van der Waals surface area contributed by atoms with E-state index < -0.39 is 6.10 Å². The number of esters is 3. The zero-order valence-electron chi connectivity index (χ0n) is 50.6. The van der Waals surface area contributed by atoms with Gasteiger partial charge in [-0.3, -0.25) is 14.4 Å². The van der Waals surface area contributed by atoms with Gasteiger partial charge in [-0.15, -0.1) is 0 Å². The Morgan fingerprint density at radius 2 is 0.480 bits per heavy atom. The van der Waals surface area contributed by atoms with Gasteiger partial charge in [-0.2, -0.15) is 0 Å². The Morgan fingerprint density at radius 3 is 0.747 bits per heavy atom. The van der Waals surface area contributed by atoms with Crippen molar-refractivity contribution in [3.63, 3.8) is 0 Å². The molecule has 0 saturated carbocycles. The van der Waals surface area contributed by atoms with Gasteiger partial charge < -0.3 is 14.2 Å². The van der Waals surface area contributed by atoms with Crippen LogP contribution in [-0.2, 0) is 28.6 Å². The zero-order chi connectivity index (χ0) is 54.3. The van der Waals surface area contributed by atoms with E-state index in [0.29, 0.717) is 19.3 Å². The lowest BCUT2D eigenvalue weighted by Gasteiger charge is -2.18. The molecule has 0 N–H and O–H groups in total. The van der Waals surface area contributed by atoms with Crippen molar-refractivity contribution >= 4 is 17.9 Å². The third-order valence-electron chi connectivity index (χ3n) is 15.1. The van der Waals surface area contributed by atoms with E-state index in [1.807, 2.05) is 0 Å². The van der Waals surface area contributed by atoms with Crippen LogP contribution in [0.15, 0.2) is 36.5 Å². The fourth-order valence-electron chi connectivity index (χ4n) is 10.1. The molecule has 0 rings (SSSR count). The molecule has 0 heterocycles. The predicted octanol–water partition coefficient (Wildman–Crippen LogP) is 22.8. The molecule has 0 aromatic rings. The van der Waals surface area contributed by atoms with E-state index in [2.05, 4.69) is 57.2 Å². The molecule has 0 aromatic heterocycles. The molecule has 0 amide bonds. The van der Waals surface area contributed by atoms with Gasteiger partial charge in [0.2, 0.25) is 0 Å². The molecule has 0 spiro atoms. The first-order chi connectivity index (χ1) is 37.0. The molecule has 75 heavy (non-hydrogen) atoms. The number of rotatable bonds is 62. The molecule has 0 radical (unpaired) electrons. The number of carbonyl (C=O) groups excluding carboxylic acids is 3. The van der Waals surface area contributed by atoms with Gasteiger partial charge in [0.15, 0.2) is 6.10 Å². The van der Waals surface area contributed by atoms with Crippen molar-refractivity contribution in [2.24, 2.45) is 0 Å². The zero-order valence-corrected chi connectivity index (χ0v) is 50.6. The number of hydrogen-bond donors (Lipinski definition) is 0. The molecule has 0 aliphatic carbocycles. The van der Waals surface area contributed by atoms with Crippen molar-refractivity contribution in [1.82, 2.24) is 0 Å². The Hall–Kier alpha value is -2.37. The van der Waals surface area contributed by atoms with Crippen molar-refractivity contribution < 1.29 is 28.6 Å². The molecule has 0 bridgehead atoms. The first-order valence-corrected chi connectivity index (χ1v) is 33.5. The summed E-state index contributed by atoms with van der Waals surface area (Å²) >= 11 is 0. The molecule has 0 saturated heterocycles. The molecule has 1 atom stereocenters. The number of unbranched alkanes of at least 4 members (excludes halogenated alkanes) is 45. The fraction of sp³-hybridized carbons (Fsp3) is 0.870. The van der Waals surface area contributed by atoms with E-state index in [-0.39, 0.29) is 31.1 Å². The second-order valence-corrected chi connectivity index (χ2v) is 22.7. The van der Waals surface area contributed by atoms with Crippen LogP contribution in [0, 0.1) is 0 Å². The second-order valence-electron chi connectivity index (χ2n) is 22.7. The maximum atomic E-state index is 12.9. The Kier molecular flexibility index (Phi) is 62.1. The maximum absolute atomic E-state index is 12.9. The second kappa shape index (κ2) is 64.2. The molecule has 0 fully saturated rings. The largest absolute Gasteiger partial charge is 0.462 e. The summed E-state index contributed by atoms with van der Waals surface area (Å²) in [6.45, 7) is 6.68. The van der Waals surface area contributed by atoms with Gasteiger partial charge in [0.05, 0.1) is 0 Å². The maximum Gasteiger partial charge on any atom is 0.306 e. The van der Waals surface area contributed by atoms with Crippen LogP contribution in [0.5, 0.6) is 0 Å². The number of ether oxygens (including phenoxy) is 3. The van der Waals surface area contributed by atoms with Gasteiger partial charge in [-0.05, 0) is 77.0 Å². The quantitative estimate of drug-likeness (QED) is 0.0261. The van der Waals surface area contributed by atoms with E-state index in [0.717, 1.165) is 64.2 Å². The average Bonchev–Trinajstić information content (AvgIpc) is 3.41. The first-order valence-electron chi connectivity index (χ1n) is 33.5. The van der Waals surface area contributed by atoms with Crippen molar-refractivity contribution in [2.75, 3.05) is 13.2 Å². The third kappa shape index (κ3) is 62.4. The number of hydrogen-bond acceptors (Lipinski definition) is 6. The van der Waals surface area contributed by atoms with Crippen LogP contribution in [-0.4, -0.2) is 37.2 Å². The number of allylic oxidation sites excluding steroid dienone is 6. The highest BCUT2D eigenvalue weighted by Gasteiger charge is 2.19. The van der Waals surface area contributed by atoms with E-state index >= 15 is 0 Å². The lowest BCUT2D eigenvalue weighted by atomic mass is 10.0. The minimum Gasteiger partial charge on any atom is -0.462 e. The highest BCUT2D eigenvalue weighted by molar-refractivity contribution is 5.71. The Labute approximate surface area is 467 Å². The molecular weight excluding hydrogens is 925 g/mol. The summed E-state index contributed by atoms with van der Waals surface area (Å²) in [6.07, 6.45) is 78.8.